The Kier molecular flexibility index (Phi) is 4.15. The predicted octanol–water partition coefficient (Wildman–Crippen LogP) is 4.32. The fraction of sp³-hybridized carbons (Fsp3) is 0.231. The Hall–Kier alpha value is -0.900. The van der Waals surface area contributed by atoms with E-state index in [0.717, 1.165) is 17.0 Å². The first-order chi connectivity index (χ1) is 8.22. The van der Waals surface area contributed by atoms with E-state index in [1.54, 1.807) is 6.07 Å². The second-order valence-electron chi connectivity index (χ2n) is 3.68. The van der Waals surface area contributed by atoms with Crippen molar-refractivity contribution < 1.29 is 4.39 Å². The zero-order valence-electron chi connectivity index (χ0n) is 9.47. The molecule has 1 aromatic carbocycles. The Morgan fingerprint density at radius 3 is 2.76 bits per heavy atom. The van der Waals surface area contributed by atoms with Crippen LogP contribution >= 0.6 is 22.9 Å². The highest BCUT2D eigenvalue weighted by molar-refractivity contribution is 7.14. The molecule has 0 saturated carbocycles. The summed E-state index contributed by atoms with van der Waals surface area (Å²) in [6.45, 7) is 3.39. The van der Waals surface area contributed by atoms with Gasteiger partial charge in [0.25, 0.3) is 0 Å². The molecule has 0 aliphatic rings. The first-order valence-corrected chi connectivity index (χ1v) is 6.70. The minimum Gasteiger partial charge on any atom is -0.313 e. The maximum atomic E-state index is 13.8. The summed E-state index contributed by atoms with van der Waals surface area (Å²) in [5.74, 6) is -0.187. The zero-order chi connectivity index (χ0) is 12.3. The second kappa shape index (κ2) is 5.63. The zero-order valence-corrected chi connectivity index (χ0v) is 11.0. The predicted molar refractivity (Wildman–Crippen MR) is 72.1 cm³/mol. The molecular weight excluding hydrogens is 257 g/mol. The molecule has 0 radical (unpaired) electrons. The number of hydrogen-bond donors (Lipinski definition) is 1. The summed E-state index contributed by atoms with van der Waals surface area (Å²) in [7, 11) is 0. The second-order valence-corrected chi connectivity index (χ2v) is 5.01. The van der Waals surface area contributed by atoms with Crippen LogP contribution in [0, 0.1) is 5.82 Å². The molecule has 2 aromatic rings. The minimum absolute atomic E-state index is 0.187. The summed E-state index contributed by atoms with van der Waals surface area (Å²) < 4.78 is 13.8. The smallest absolute Gasteiger partial charge is 0.128 e. The molecule has 0 aliphatic carbocycles. The van der Waals surface area contributed by atoms with E-state index in [-0.39, 0.29) is 5.82 Å². The normalized spacial score (nSPS) is 10.8. The first-order valence-electron chi connectivity index (χ1n) is 5.45. The average Bonchev–Trinajstić information content (AvgIpc) is 2.74. The van der Waals surface area contributed by atoms with Crippen LogP contribution in [0.1, 0.15) is 12.5 Å². The van der Waals surface area contributed by atoms with Gasteiger partial charge in [0, 0.05) is 12.1 Å². The molecule has 0 fully saturated rings. The third-order valence-corrected chi connectivity index (χ3v) is 3.89. The van der Waals surface area contributed by atoms with Gasteiger partial charge in [-0.05, 0) is 29.6 Å². The van der Waals surface area contributed by atoms with Crippen molar-refractivity contribution in [2.45, 2.75) is 13.5 Å². The molecule has 0 bridgehead atoms. The highest BCUT2D eigenvalue weighted by Gasteiger charge is 2.08. The quantitative estimate of drug-likeness (QED) is 0.872. The van der Waals surface area contributed by atoms with Crippen molar-refractivity contribution in [3.05, 3.63) is 46.0 Å². The van der Waals surface area contributed by atoms with Crippen molar-refractivity contribution in [3.8, 4) is 10.4 Å². The highest BCUT2D eigenvalue weighted by Crippen LogP contribution is 2.33. The van der Waals surface area contributed by atoms with Crippen LogP contribution in [0.25, 0.3) is 10.4 Å². The van der Waals surface area contributed by atoms with Crippen LogP contribution in [-0.2, 0) is 6.54 Å². The molecule has 1 heterocycles. The van der Waals surface area contributed by atoms with E-state index in [9.17, 15) is 4.39 Å². The van der Waals surface area contributed by atoms with Crippen LogP contribution in [-0.4, -0.2) is 6.54 Å². The fourth-order valence-electron chi connectivity index (χ4n) is 1.59. The Balaban J connectivity index is 2.28. The summed E-state index contributed by atoms with van der Waals surface area (Å²) >= 11 is 7.55. The topological polar surface area (TPSA) is 12.0 Å². The van der Waals surface area contributed by atoms with Gasteiger partial charge in [-0.3, -0.25) is 0 Å². The average molecular weight is 270 g/mol. The van der Waals surface area contributed by atoms with Gasteiger partial charge in [0.05, 0.1) is 9.90 Å². The fourth-order valence-corrected chi connectivity index (χ4v) is 2.76. The SMILES string of the molecule is CCNCc1ccc(-c2sccc2Cl)cc1F. The van der Waals surface area contributed by atoms with E-state index in [1.807, 2.05) is 30.5 Å². The maximum absolute atomic E-state index is 13.8. The number of nitrogens with one attached hydrogen (secondary N) is 1. The monoisotopic (exact) mass is 269 g/mol. The van der Waals surface area contributed by atoms with Crippen LogP contribution in [0.2, 0.25) is 5.02 Å². The standard InChI is InChI=1S/C13H13ClFNS/c1-2-16-8-10-4-3-9(7-12(10)15)13-11(14)5-6-17-13/h3-7,16H,2,8H2,1H3. The van der Waals surface area contributed by atoms with Gasteiger partial charge in [0.2, 0.25) is 0 Å². The number of hydrogen-bond acceptors (Lipinski definition) is 2. The van der Waals surface area contributed by atoms with Crippen LogP contribution in [0.3, 0.4) is 0 Å². The van der Waals surface area contributed by atoms with Gasteiger partial charge in [-0.2, -0.15) is 0 Å². The van der Waals surface area contributed by atoms with Crippen LogP contribution in [0.15, 0.2) is 29.6 Å². The summed E-state index contributed by atoms with van der Waals surface area (Å²) in [6.07, 6.45) is 0. The van der Waals surface area contributed by atoms with E-state index in [4.69, 9.17) is 11.6 Å². The van der Waals surface area contributed by atoms with E-state index >= 15 is 0 Å². The molecule has 0 aliphatic heterocycles. The summed E-state index contributed by atoms with van der Waals surface area (Å²) in [5, 5.41) is 5.69. The highest BCUT2D eigenvalue weighted by atomic mass is 35.5. The molecule has 4 heteroatoms. The molecule has 1 aromatic heterocycles. The molecular formula is C13H13ClFNS. The molecule has 0 spiro atoms. The van der Waals surface area contributed by atoms with Gasteiger partial charge in [-0.25, -0.2) is 4.39 Å². The third-order valence-electron chi connectivity index (χ3n) is 2.50. The van der Waals surface area contributed by atoms with Gasteiger partial charge in [-0.1, -0.05) is 30.7 Å². The van der Waals surface area contributed by atoms with E-state index in [2.05, 4.69) is 5.32 Å². The molecule has 0 unspecified atom stereocenters. The lowest BCUT2D eigenvalue weighted by Crippen LogP contribution is -2.12. The lowest BCUT2D eigenvalue weighted by molar-refractivity contribution is 0.594. The summed E-state index contributed by atoms with van der Waals surface area (Å²) in [6, 6.07) is 7.09. The number of thiophene rings is 1. The van der Waals surface area contributed by atoms with Crippen molar-refractivity contribution in [3.63, 3.8) is 0 Å². The number of rotatable bonds is 4. The van der Waals surface area contributed by atoms with E-state index in [1.165, 1.54) is 11.3 Å². The Bertz CT molecular complexity index is 510. The maximum Gasteiger partial charge on any atom is 0.128 e. The van der Waals surface area contributed by atoms with Crippen LogP contribution < -0.4 is 5.32 Å². The molecule has 1 nitrogen and oxygen atoms in total. The molecule has 17 heavy (non-hydrogen) atoms. The Morgan fingerprint density at radius 1 is 1.35 bits per heavy atom. The largest absolute Gasteiger partial charge is 0.313 e. The van der Waals surface area contributed by atoms with Gasteiger partial charge in [0.15, 0.2) is 0 Å². The number of benzene rings is 1. The van der Waals surface area contributed by atoms with Crippen molar-refractivity contribution in [1.82, 2.24) is 5.32 Å². The molecule has 90 valence electrons. The van der Waals surface area contributed by atoms with Gasteiger partial charge < -0.3 is 5.32 Å². The molecule has 0 saturated heterocycles. The van der Waals surface area contributed by atoms with Crippen molar-refractivity contribution in [2.75, 3.05) is 6.54 Å². The Morgan fingerprint density at radius 2 is 2.18 bits per heavy atom. The van der Waals surface area contributed by atoms with Crippen molar-refractivity contribution in [1.29, 1.82) is 0 Å². The summed E-state index contributed by atoms with van der Waals surface area (Å²) in [4.78, 5) is 0.917. The van der Waals surface area contributed by atoms with E-state index < -0.39 is 0 Å². The van der Waals surface area contributed by atoms with Crippen molar-refractivity contribution >= 4 is 22.9 Å². The van der Waals surface area contributed by atoms with Crippen molar-refractivity contribution in [2.24, 2.45) is 0 Å². The Labute approximate surface area is 109 Å². The number of halogens is 2. The van der Waals surface area contributed by atoms with Gasteiger partial charge in [-0.15, -0.1) is 11.3 Å². The molecule has 2 rings (SSSR count). The van der Waals surface area contributed by atoms with E-state index in [0.29, 0.717) is 17.1 Å². The molecule has 0 atom stereocenters. The third kappa shape index (κ3) is 2.86. The summed E-state index contributed by atoms with van der Waals surface area (Å²) in [5.41, 5.74) is 1.52. The first kappa shape index (κ1) is 12.6. The van der Waals surface area contributed by atoms with Crippen LogP contribution in [0.4, 0.5) is 4.39 Å². The molecule has 0 amide bonds. The molecule has 1 N–H and O–H groups in total. The minimum atomic E-state index is -0.187. The van der Waals surface area contributed by atoms with Gasteiger partial charge >= 0.3 is 0 Å². The van der Waals surface area contributed by atoms with Gasteiger partial charge in [0.1, 0.15) is 5.82 Å². The lowest BCUT2D eigenvalue weighted by Gasteiger charge is -2.06. The lowest BCUT2D eigenvalue weighted by atomic mass is 10.1. The van der Waals surface area contributed by atoms with Crippen LogP contribution in [0.5, 0.6) is 0 Å².